The summed E-state index contributed by atoms with van der Waals surface area (Å²) in [5, 5.41) is 0. The Bertz CT molecular complexity index is 390. The minimum atomic E-state index is 0.514. The Balaban J connectivity index is 2.96. The van der Waals surface area contributed by atoms with Crippen molar-refractivity contribution in [1.82, 2.24) is 14.4 Å². The van der Waals surface area contributed by atoms with Crippen molar-refractivity contribution in [2.75, 3.05) is 5.73 Å². The van der Waals surface area contributed by atoms with E-state index in [1.165, 1.54) is 0 Å². The number of aryl methyl sites for hydroxylation is 1. The van der Waals surface area contributed by atoms with Crippen LogP contribution in [0.5, 0.6) is 0 Å². The molecule has 4 nitrogen and oxygen atoms in total. The van der Waals surface area contributed by atoms with E-state index in [0.717, 1.165) is 11.2 Å². The van der Waals surface area contributed by atoms with Crippen LogP contribution >= 0.6 is 0 Å². The van der Waals surface area contributed by atoms with Crippen molar-refractivity contribution in [3.8, 4) is 0 Å². The van der Waals surface area contributed by atoms with Crippen LogP contribution in [0.2, 0.25) is 0 Å². The summed E-state index contributed by atoms with van der Waals surface area (Å²) in [5.74, 6) is 0.514. The van der Waals surface area contributed by atoms with Crippen LogP contribution in [-0.4, -0.2) is 14.4 Å². The fourth-order valence-electron chi connectivity index (χ4n) is 1.13. The summed E-state index contributed by atoms with van der Waals surface area (Å²) in [4.78, 5) is 7.97. The molecule has 0 saturated carbocycles. The molecule has 2 rings (SSSR count). The lowest BCUT2D eigenvalue weighted by Crippen LogP contribution is -1.97. The van der Waals surface area contributed by atoms with Gasteiger partial charge in [0.25, 0.3) is 0 Å². The van der Waals surface area contributed by atoms with Crippen LogP contribution in [0.1, 0.15) is 5.69 Å². The number of hydrogen-bond acceptors (Lipinski definition) is 3. The van der Waals surface area contributed by atoms with Gasteiger partial charge in [-0.15, -0.1) is 0 Å². The van der Waals surface area contributed by atoms with E-state index in [1.54, 1.807) is 18.6 Å². The number of nitrogens with zero attached hydrogens (tertiary/aromatic N) is 3. The van der Waals surface area contributed by atoms with Crippen LogP contribution in [0.25, 0.3) is 5.52 Å². The molecule has 2 heterocycles. The van der Waals surface area contributed by atoms with Gasteiger partial charge in [-0.3, -0.25) is 9.38 Å². The summed E-state index contributed by atoms with van der Waals surface area (Å²) >= 11 is 0. The van der Waals surface area contributed by atoms with Crippen LogP contribution in [0, 0.1) is 6.92 Å². The molecule has 2 aromatic rings. The molecule has 0 radical (unpaired) electrons. The van der Waals surface area contributed by atoms with E-state index in [9.17, 15) is 0 Å². The smallest absolute Gasteiger partial charge is 0.205 e. The highest BCUT2D eigenvalue weighted by molar-refractivity contribution is 5.49. The Labute approximate surface area is 63.7 Å². The van der Waals surface area contributed by atoms with Gasteiger partial charge in [0, 0.05) is 11.9 Å². The van der Waals surface area contributed by atoms with E-state index < -0.39 is 0 Å². The number of nitrogen functional groups attached to an aromatic ring is 1. The van der Waals surface area contributed by atoms with Crippen molar-refractivity contribution < 1.29 is 0 Å². The quantitative estimate of drug-likeness (QED) is 0.595. The van der Waals surface area contributed by atoms with Crippen molar-refractivity contribution >= 4 is 11.5 Å². The molecule has 0 bridgehead atoms. The van der Waals surface area contributed by atoms with E-state index in [1.807, 2.05) is 11.3 Å². The summed E-state index contributed by atoms with van der Waals surface area (Å²) in [7, 11) is 0. The second-order valence-electron chi connectivity index (χ2n) is 2.43. The molecule has 56 valence electrons. The predicted octanol–water partition coefficient (Wildman–Crippen LogP) is 0.620. The fourth-order valence-corrected chi connectivity index (χ4v) is 1.13. The maximum Gasteiger partial charge on any atom is 0.205 e. The van der Waals surface area contributed by atoms with Crippen molar-refractivity contribution in [2.24, 2.45) is 0 Å². The minimum absolute atomic E-state index is 0.514. The third-order valence-corrected chi connectivity index (χ3v) is 1.64. The highest BCUT2D eigenvalue weighted by Gasteiger charge is 1.99. The van der Waals surface area contributed by atoms with E-state index in [4.69, 9.17) is 5.73 Å². The summed E-state index contributed by atoms with van der Waals surface area (Å²) in [6.07, 6.45) is 5.19. The summed E-state index contributed by atoms with van der Waals surface area (Å²) in [6, 6.07) is 0. The number of rotatable bonds is 0. The van der Waals surface area contributed by atoms with Gasteiger partial charge in [0.1, 0.15) is 0 Å². The van der Waals surface area contributed by atoms with Crippen LogP contribution in [-0.2, 0) is 0 Å². The largest absolute Gasteiger partial charge is 0.369 e. The van der Waals surface area contributed by atoms with Crippen LogP contribution < -0.4 is 5.73 Å². The highest BCUT2D eigenvalue weighted by atomic mass is 15.1. The molecule has 2 aromatic heterocycles. The number of imidazole rings is 1. The van der Waals surface area contributed by atoms with Crippen LogP contribution in [0.3, 0.4) is 0 Å². The van der Waals surface area contributed by atoms with Gasteiger partial charge in [-0.2, -0.15) is 0 Å². The Morgan fingerprint density at radius 3 is 2.91 bits per heavy atom. The van der Waals surface area contributed by atoms with Gasteiger partial charge in [0.05, 0.1) is 17.9 Å². The Kier molecular flexibility index (Phi) is 1.09. The molecule has 0 aromatic carbocycles. The first kappa shape index (κ1) is 6.15. The van der Waals surface area contributed by atoms with E-state index in [0.29, 0.717) is 5.95 Å². The number of nitrogens with two attached hydrogens (primary N) is 1. The second kappa shape index (κ2) is 1.95. The first-order chi connectivity index (χ1) is 5.29. The van der Waals surface area contributed by atoms with Gasteiger partial charge in [0.15, 0.2) is 0 Å². The zero-order valence-electron chi connectivity index (χ0n) is 6.15. The first-order valence-corrected chi connectivity index (χ1v) is 3.32. The third kappa shape index (κ3) is 0.756. The van der Waals surface area contributed by atoms with Gasteiger partial charge in [-0.1, -0.05) is 0 Å². The Morgan fingerprint density at radius 2 is 2.18 bits per heavy atom. The molecule has 4 heteroatoms. The van der Waals surface area contributed by atoms with E-state index in [2.05, 4.69) is 9.97 Å². The SMILES string of the molecule is Cc1cncc2cnc(N)n12. The maximum atomic E-state index is 5.60. The van der Waals surface area contributed by atoms with E-state index in [-0.39, 0.29) is 0 Å². The normalized spacial score (nSPS) is 10.6. The molecule has 0 atom stereocenters. The lowest BCUT2D eigenvalue weighted by atomic mass is 10.5. The Hall–Kier alpha value is -1.58. The van der Waals surface area contributed by atoms with Crippen molar-refractivity contribution in [2.45, 2.75) is 6.92 Å². The lowest BCUT2D eigenvalue weighted by molar-refractivity contribution is 1.05. The average Bonchev–Trinajstić information content (AvgIpc) is 2.34. The van der Waals surface area contributed by atoms with Crippen molar-refractivity contribution in [3.63, 3.8) is 0 Å². The molecule has 0 aliphatic carbocycles. The second-order valence-corrected chi connectivity index (χ2v) is 2.43. The molecule has 11 heavy (non-hydrogen) atoms. The third-order valence-electron chi connectivity index (χ3n) is 1.64. The molecule has 0 aliphatic heterocycles. The minimum Gasteiger partial charge on any atom is -0.369 e. The first-order valence-electron chi connectivity index (χ1n) is 3.32. The Morgan fingerprint density at radius 1 is 1.36 bits per heavy atom. The topological polar surface area (TPSA) is 56.2 Å². The van der Waals surface area contributed by atoms with Gasteiger partial charge in [0.2, 0.25) is 5.95 Å². The monoisotopic (exact) mass is 148 g/mol. The summed E-state index contributed by atoms with van der Waals surface area (Å²) in [6.45, 7) is 1.94. The summed E-state index contributed by atoms with van der Waals surface area (Å²) < 4.78 is 1.85. The van der Waals surface area contributed by atoms with Crippen molar-refractivity contribution in [1.29, 1.82) is 0 Å². The number of fused-ring (bicyclic) bond motifs is 1. The maximum absolute atomic E-state index is 5.60. The molecule has 0 fully saturated rings. The molecular formula is C7H8N4. The number of hydrogen-bond donors (Lipinski definition) is 1. The molecule has 0 spiro atoms. The highest BCUT2D eigenvalue weighted by Crippen LogP contribution is 2.08. The zero-order chi connectivity index (χ0) is 7.84. The zero-order valence-corrected chi connectivity index (χ0v) is 6.15. The number of aromatic nitrogens is 3. The molecule has 0 amide bonds. The van der Waals surface area contributed by atoms with Gasteiger partial charge in [-0.25, -0.2) is 4.98 Å². The standard InChI is InChI=1S/C7H8N4/c1-5-2-9-3-6-4-10-7(8)11(5)6/h2-4H,1H3,(H2,8,10). The molecule has 0 saturated heterocycles. The van der Waals surface area contributed by atoms with Crippen LogP contribution in [0.15, 0.2) is 18.6 Å². The van der Waals surface area contributed by atoms with Gasteiger partial charge in [-0.05, 0) is 6.92 Å². The molecule has 0 unspecified atom stereocenters. The molecular weight excluding hydrogens is 140 g/mol. The summed E-state index contributed by atoms with van der Waals surface area (Å²) in [5.41, 5.74) is 7.53. The lowest BCUT2D eigenvalue weighted by Gasteiger charge is -1.98. The van der Waals surface area contributed by atoms with Crippen LogP contribution in [0.4, 0.5) is 5.95 Å². The van der Waals surface area contributed by atoms with E-state index >= 15 is 0 Å². The fraction of sp³-hybridized carbons (Fsp3) is 0.143. The number of anilines is 1. The van der Waals surface area contributed by atoms with Gasteiger partial charge >= 0.3 is 0 Å². The average molecular weight is 148 g/mol. The molecule has 0 aliphatic rings. The molecule has 2 N–H and O–H groups in total. The van der Waals surface area contributed by atoms with Crippen molar-refractivity contribution in [3.05, 3.63) is 24.3 Å². The predicted molar refractivity (Wildman–Crippen MR) is 42.1 cm³/mol. The van der Waals surface area contributed by atoms with Gasteiger partial charge < -0.3 is 5.73 Å².